The molecule has 5 heteroatoms. The molecule has 2 unspecified atom stereocenters. The van der Waals surface area contributed by atoms with Crippen molar-refractivity contribution in [1.82, 2.24) is 5.32 Å². The predicted octanol–water partition coefficient (Wildman–Crippen LogP) is 2.61. The SMILES string of the molecule is N#CC1CCCC1NC(=O)CC1(CC(=O)O)CCCCC1. The normalized spacial score (nSPS) is 27.8. The van der Waals surface area contributed by atoms with Crippen molar-refractivity contribution in [2.24, 2.45) is 11.3 Å². The van der Waals surface area contributed by atoms with Crippen LogP contribution in [-0.2, 0) is 9.59 Å². The van der Waals surface area contributed by atoms with Crippen LogP contribution >= 0.6 is 0 Å². The summed E-state index contributed by atoms with van der Waals surface area (Å²) >= 11 is 0. The smallest absolute Gasteiger partial charge is 0.303 e. The molecule has 2 saturated carbocycles. The number of hydrogen-bond donors (Lipinski definition) is 2. The highest BCUT2D eigenvalue weighted by Crippen LogP contribution is 2.42. The first kappa shape index (κ1) is 15.8. The van der Waals surface area contributed by atoms with Crippen LogP contribution < -0.4 is 5.32 Å². The van der Waals surface area contributed by atoms with Crippen molar-refractivity contribution >= 4 is 11.9 Å². The lowest BCUT2D eigenvalue weighted by Gasteiger charge is -2.36. The molecule has 0 spiro atoms. The molecule has 21 heavy (non-hydrogen) atoms. The van der Waals surface area contributed by atoms with Gasteiger partial charge in [-0.2, -0.15) is 5.26 Å². The van der Waals surface area contributed by atoms with Crippen LogP contribution in [0.25, 0.3) is 0 Å². The van der Waals surface area contributed by atoms with E-state index in [2.05, 4.69) is 11.4 Å². The Bertz CT molecular complexity index is 435. The average molecular weight is 292 g/mol. The van der Waals surface area contributed by atoms with E-state index in [9.17, 15) is 9.59 Å². The Labute approximate surface area is 125 Å². The van der Waals surface area contributed by atoms with Crippen LogP contribution in [0.2, 0.25) is 0 Å². The van der Waals surface area contributed by atoms with Crippen molar-refractivity contribution in [2.45, 2.75) is 70.3 Å². The second-order valence-electron chi connectivity index (χ2n) is 6.65. The number of amides is 1. The van der Waals surface area contributed by atoms with Gasteiger partial charge in [-0.3, -0.25) is 9.59 Å². The van der Waals surface area contributed by atoms with Crippen molar-refractivity contribution in [2.75, 3.05) is 0 Å². The van der Waals surface area contributed by atoms with Gasteiger partial charge in [-0.15, -0.1) is 0 Å². The molecule has 2 rings (SSSR count). The molecule has 5 nitrogen and oxygen atoms in total. The first-order valence-electron chi connectivity index (χ1n) is 7.95. The van der Waals surface area contributed by atoms with Gasteiger partial charge in [0.2, 0.25) is 5.91 Å². The van der Waals surface area contributed by atoms with Gasteiger partial charge in [-0.05, 0) is 37.5 Å². The highest BCUT2D eigenvalue weighted by atomic mass is 16.4. The standard InChI is InChI=1S/C16H24N2O3/c17-11-12-5-4-6-13(12)18-14(19)9-16(10-15(20)21)7-2-1-3-8-16/h12-13H,1-10H2,(H,18,19)(H,20,21). The van der Waals surface area contributed by atoms with Crippen LogP contribution in [0.1, 0.15) is 64.2 Å². The van der Waals surface area contributed by atoms with Gasteiger partial charge >= 0.3 is 5.97 Å². The van der Waals surface area contributed by atoms with Gasteiger partial charge in [0, 0.05) is 12.5 Å². The van der Waals surface area contributed by atoms with Gasteiger partial charge in [0.05, 0.1) is 18.4 Å². The highest BCUT2D eigenvalue weighted by Gasteiger charge is 2.37. The van der Waals surface area contributed by atoms with Gasteiger partial charge in [0.1, 0.15) is 0 Å². The van der Waals surface area contributed by atoms with E-state index >= 15 is 0 Å². The maximum Gasteiger partial charge on any atom is 0.303 e. The molecule has 0 aliphatic heterocycles. The zero-order chi connectivity index (χ0) is 15.3. The van der Waals surface area contributed by atoms with E-state index < -0.39 is 5.97 Å². The lowest BCUT2D eigenvalue weighted by atomic mass is 9.69. The molecule has 0 radical (unpaired) electrons. The Morgan fingerprint density at radius 3 is 2.48 bits per heavy atom. The third-order valence-corrected chi connectivity index (χ3v) is 5.00. The molecule has 2 N–H and O–H groups in total. The van der Waals surface area contributed by atoms with Crippen molar-refractivity contribution < 1.29 is 14.7 Å². The monoisotopic (exact) mass is 292 g/mol. The van der Waals surface area contributed by atoms with Gasteiger partial charge in [-0.1, -0.05) is 19.3 Å². The second kappa shape index (κ2) is 6.93. The van der Waals surface area contributed by atoms with Crippen LogP contribution in [0.5, 0.6) is 0 Å². The Morgan fingerprint density at radius 2 is 1.86 bits per heavy atom. The fraction of sp³-hybridized carbons (Fsp3) is 0.812. The summed E-state index contributed by atoms with van der Waals surface area (Å²) < 4.78 is 0. The number of carbonyl (C=O) groups excluding carboxylic acids is 1. The number of rotatable bonds is 5. The molecule has 116 valence electrons. The van der Waals surface area contributed by atoms with Gasteiger partial charge < -0.3 is 10.4 Å². The van der Waals surface area contributed by atoms with Crippen molar-refractivity contribution in [3.05, 3.63) is 0 Å². The second-order valence-corrected chi connectivity index (χ2v) is 6.65. The molecule has 2 aliphatic rings. The summed E-state index contributed by atoms with van der Waals surface area (Å²) in [6, 6.07) is 2.21. The minimum absolute atomic E-state index is 0.0482. The molecule has 2 aliphatic carbocycles. The van der Waals surface area contributed by atoms with Crippen molar-refractivity contribution in [3.8, 4) is 6.07 Å². The molecular weight excluding hydrogens is 268 g/mol. The van der Waals surface area contributed by atoms with Crippen LogP contribution in [0.15, 0.2) is 0 Å². The van der Waals surface area contributed by atoms with E-state index in [1.165, 1.54) is 0 Å². The lowest BCUT2D eigenvalue weighted by molar-refractivity contribution is -0.141. The van der Waals surface area contributed by atoms with Crippen molar-refractivity contribution in [3.63, 3.8) is 0 Å². The van der Waals surface area contributed by atoms with Gasteiger partial charge in [0.15, 0.2) is 0 Å². The maximum atomic E-state index is 12.3. The van der Waals surface area contributed by atoms with Crippen LogP contribution in [0.3, 0.4) is 0 Å². The van der Waals surface area contributed by atoms with E-state index in [1.54, 1.807) is 0 Å². The number of aliphatic carboxylic acids is 1. The maximum absolute atomic E-state index is 12.3. The van der Waals surface area contributed by atoms with E-state index in [0.29, 0.717) is 0 Å². The first-order valence-corrected chi connectivity index (χ1v) is 7.95. The van der Waals surface area contributed by atoms with E-state index in [4.69, 9.17) is 10.4 Å². The summed E-state index contributed by atoms with van der Waals surface area (Å²) in [6.45, 7) is 0. The summed E-state index contributed by atoms with van der Waals surface area (Å²) in [5.74, 6) is -0.985. The zero-order valence-electron chi connectivity index (χ0n) is 12.4. The molecule has 0 heterocycles. The molecule has 0 bridgehead atoms. The molecule has 0 aromatic carbocycles. The molecule has 0 aromatic heterocycles. The van der Waals surface area contributed by atoms with E-state index in [-0.39, 0.29) is 36.1 Å². The van der Waals surface area contributed by atoms with E-state index in [1.807, 2.05) is 0 Å². The highest BCUT2D eigenvalue weighted by molar-refractivity contribution is 5.78. The zero-order valence-corrected chi connectivity index (χ0v) is 12.4. The number of nitriles is 1. The number of carboxylic acid groups (broad SMARTS) is 1. The predicted molar refractivity (Wildman–Crippen MR) is 77.3 cm³/mol. The molecule has 2 atom stereocenters. The van der Waals surface area contributed by atoms with Crippen LogP contribution in [0, 0.1) is 22.7 Å². The molecule has 0 saturated heterocycles. The topological polar surface area (TPSA) is 90.2 Å². The summed E-state index contributed by atoms with van der Waals surface area (Å²) in [4.78, 5) is 23.4. The van der Waals surface area contributed by atoms with Crippen molar-refractivity contribution in [1.29, 1.82) is 5.26 Å². The summed E-state index contributed by atoms with van der Waals surface area (Å²) in [5.41, 5.74) is -0.380. The Kier molecular flexibility index (Phi) is 5.22. The fourth-order valence-electron chi connectivity index (χ4n) is 3.92. The fourth-order valence-corrected chi connectivity index (χ4v) is 3.92. The number of carboxylic acids is 1. The number of carbonyl (C=O) groups is 2. The largest absolute Gasteiger partial charge is 0.481 e. The number of hydrogen-bond acceptors (Lipinski definition) is 3. The lowest BCUT2D eigenvalue weighted by Crippen LogP contribution is -2.41. The Morgan fingerprint density at radius 1 is 1.14 bits per heavy atom. The molecular formula is C16H24N2O3. The molecule has 2 fully saturated rings. The minimum Gasteiger partial charge on any atom is -0.481 e. The molecule has 0 aromatic rings. The van der Waals surface area contributed by atoms with Crippen LogP contribution in [-0.4, -0.2) is 23.0 Å². The minimum atomic E-state index is -0.819. The van der Waals surface area contributed by atoms with Gasteiger partial charge in [0.25, 0.3) is 0 Å². The molecule has 1 amide bonds. The number of nitrogens with zero attached hydrogens (tertiary/aromatic N) is 1. The van der Waals surface area contributed by atoms with E-state index in [0.717, 1.165) is 51.4 Å². The quantitative estimate of drug-likeness (QED) is 0.815. The summed E-state index contributed by atoms with van der Waals surface area (Å²) in [7, 11) is 0. The Balaban J connectivity index is 1.95. The third kappa shape index (κ3) is 4.20. The van der Waals surface area contributed by atoms with Gasteiger partial charge in [-0.25, -0.2) is 0 Å². The summed E-state index contributed by atoms with van der Waals surface area (Å²) in [5, 5.41) is 21.2. The first-order chi connectivity index (χ1) is 10.0. The average Bonchev–Trinajstić information content (AvgIpc) is 2.85. The third-order valence-electron chi connectivity index (χ3n) is 5.00. The van der Waals surface area contributed by atoms with Crippen LogP contribution in [0.4, 0.5) is 0 Å². The Hall–Kier alpha value is -1.57. The number of nitrogens with one attached hydrogen (secondary N) is 1. The summed E-state index contributed by atoms with van der Waals surface area (Å²) in [6.07, 6.45) is 7.82.